The predicted molar refractivity (Wildman–Crippen MR) is 133 cm³/mol. The second kappa shape index (κ2) is 9.95. The summed E-state index contributed by atoms with van der Waals surface area (Å²) in [6, 6.07) is 16.8. The Labute approximate surface area is 206 Å². The molecular formula is C27H31N3O4S. The van der Waals surface area contributed by atoms with Gasteiger partial charge in [0.1, 0.15) is 0 Å². The number of aromatic nitrogens is 2. The molecule has 0 spiro atoms. The number of rotatable bonds is 9. The molecule has 1 aliphatic carbocycles. The van der Waals surface area contributed by atoms with Crippen LogP contribution in [-0.2, 0) is 26.9 Å². The zero-order valence-electron chi connectivity index (χ0n) is 20.0. The van der Waals surface area contributed by atoms with E-state index in [0.717, 1.165) is 42.5 Å². The molecule has 2 aliphatic rings. The zero-order chi connectivity index (χ0) is 24.4. The fourth-order valence-corrected chi connectivity index (χ4v) is 6.28. The number of carbonyl (C=O) groups is 1. The maximum atomic E-state index is 13.6. The Morgan fingerprint density at radius 3 is 2.51 bits per heavy atom. The lowest BCUT2D eigenvalue weighted by Crippen LogP contribution is -2.38. The molecule has 1 atom stereocenters. The first-order chi connectivity index (χ1) is 16.9. The minimum atomic E-state index is -3.64. The SMILES string of the molecule is Cc1ccccc1C(=O)N(Cc1cnc(S(=O)(=O)Cc2ccccc2)n1C1CC1)CC1CCCO1. The highest BCUT2D eigenvalue weighted by molar-refractivity contribution is 7.90. The van der Waals surface area contributed by atoms with Crippen molar-refractivity contribution < 1.29 is 17.9 Å². The number of hydrogen-bond acceptors (Lipinski definition) is 5. The molecule has 1 amide bonds. The molecule has 1 saturated heterocycles. The summed E-state index contributed by atoms with van der Waals surface area (Å²) in [7, 11) is -3.64. The molecule has 1 saturated carbocycles. The van der Waals surface area contributed by atoms with Crippen molar-refractivity contribution in [2.45, 2.75) is 62.2 Å². The van der Waals surface area contributed by atoms with E-state index in [9.17, 15) is 13.2 Å². The number of ether oxygens (including phenoxy) is 1. The van der Waals surface area contributed by atoms with Gasteiger partial charge in [-0.3, -0.25) is 4.79 Å². The van der Waals surface area contributed by atoms with Crippen molar-refractivity contribution in [2.75, 3.05) is 13.2 Å². The van der Waals surface area contributed by atoms with Crippen LogP contribution in [0.15, 0.2) is 66.0 Å². The summed E-state index contributed by atoms with van der Waals surface area (Å²) >= 11 is 0. The molecule has 2 aromatic carbocycles. The quantitative estimate of drug-likeness (QED) is 0.443. The highest BCUT2D eigenvalue weighted by Gasteiger charge is 2.35. The molecule has 7 nitrogen and oxygen atoms in total. The van der Waals surface area contributed by atoms with E-state index < -0.39 is 9.84 Å². The zero-order valence-corrected chi connectivity index (χ0v) is 20.8. The molecule has 1 aliphatic heterocycles. The molecule has 35 heavy (non-hydrogen) atoms. The van der Waals surface area contributed by atoms with E-state index >= 15 is 0 Å². The van der Waals surface area contributed by atoms with Gasteiger partial charge >= 0.3 is 0 Å². The third kappa shape index (κ3) is 5.33. The molecule has 1 aromatic heterocycles. The van der Waals surface area contributed by atoms with Crippen molar-refractivity contribution in [3.8, 4) is 0 Å². The lowest BCUT2D eigenvalue weighted by molar-refractivity contribution is 0.0501. The lowest BCUT2D eigenvalue weighted by Gasteiger charge is -2.27. The number of sulfone groups is 1. The Bertz CT molecular complexity index is 1290. The van der Waals surface area contributed by atoms with Crippen LogP contribution >= 0.6 is 0 Å². The van der Waals surface area contributed by atoms with Crippen LogP contribution in [0.1, 0.15) is 58.9 Å². The van der Waals surface area contributed by atoms with E-state index in [0.29, 0.717) is 18.7 Å². The highest BCUT2D eigenvalue weighted by Crippen LogP contribution is 2.39. The molecule has 0 bridgehead atoms. The average Bonchev–Trinajstić information content (AvgIpc) is 3.37. The van der Waals surface area contributed by atoms with Crippen LogP contribution in [0.3, 0.4) is 0 Å². The number of nitrogens with zero attached hydrogens (tertiary/aromatic N) is 3. The van der Waals surface area contributed by atoms with Crippen molar-refractivity contribution in [3.63, 3.8) is 0 Å². The second-order valence-corrected chi connectivity index (χ2v) is 11.4. The van der Waals surface area contributed by atoms with Gasteiger partial charge in [-0.25, -0.2) is 13.4 Å². The van der Waals surface area contributed by atoms with Gasteiger partial charge in [0.2, 0.25) is 15.0 Å². The van der Waals surface area contributed by atoms with Crippen LogP contribution < -0.4 is 0 Å². The molecule has 3 aromatic rings. The molecule has 1 unspecified atom stereocenters. The van der Waals surface area contributed by atoms with E-state index in [2.05, 4.69) is 4.98 Å². The maximum Gasteiger partial charge on any atom is 0.254 e. The molecule has 0 radical (unpaired) electrons. The van der Waals surface area contributed by atoms with E-state index in [1.165, 1.54) is 0 Å². The van der Waals surface area contributed by atoms with Gasteiger partial charge in [-0.05, 0) is 49.8 Å². The fraction of sp³-hybridized carbons (Fsp3) is 0.407. The van der Waals surface area contributed by atoms with Crippen LogP contribution in [0.4, 0.5) is 0 Å². The topological polar surface area (TPSA) is 81.5 Å². The van der Waals surface area contributed by atoms with E-state index in [-0.39, 0.29) is 35.5 Å². The predicted octanol–water partition coefficient (Wildman–Crippen LogP) is 4.32. The van der Waals surface area contributed by atoms with Crippen molar-refractivity contribution in [1.82, 2.24) is 14.5 Å². The Morgan fingerprint density at radius 2 is 1.83 bits per heavy atom. The van der Waals surface area contributed by atoms with E-state index in [1.807, 2.05) is 66.1 Å². The van der Waals surface area contributed by atoms with Gasteiger partial charge in [0.15, 0.2) is 0 Å². The molecule has 8 heteroatoms. The molecular weight excluding hydrogens is 462 g/mol. The molecule has 2 heterocycles. The standard InChI is InChI=1S/C27H31N3O4S/c1-20-8-5-6-12-25(20)26(31)29(18-24-11-7-15-34-24)17-23-16-28-27(30(23)22-13-14-22)35(32,33)19-21-9-3-2-4-10-21/h2-6,8-10,12,16,22,24H,7,11,13-15,17-19H2,1H3. The van der Waals surface area contributed by atoms with Crippen LogP contribution in [-0.4, -0.2) is 48.0 Å². The Hall–Kier alpha value is -2.97. The summed E-state index contributed by atoms with van der Waals surface area (Å²) in [5.74, 6) is -0.172. The minimum Gasteiger partial charge on any atom is -0.376 e. The van der Waals surface area contributed by atoms with Crippen LogP contribution in [0.25, 0.3) is 0 Å². The van der Waals surface area contributed by atoms with Gasteiger partial charge in [0.25, 0.3) is 5.91 Å². The Kier molecular flexibility index (Phi) is 6.75. The van der Waals surface area contributed by atoms with Gasteiger partial charge in [-0.15, -0.1) is 0 Å². The van der Waals surface area contributed by atoms with E-state index in [4.69, 9.17) is 4.74 Å². The summed E-state index contributed by atoms with van der Waals surface area (Å²) in [5, 5.41) is 0.0965. The molecule has 0 N–H and O–H groups in total. The number of benzene rings is 2. The second-order valence-electron chi connectivity index (χ2n) is 9.51. The van der Waals surface area contributed by atoms with Crippen molar-refractivity contribution in [3.05, 3.63) is 83.2 Å². The monoisotopic (exact) mass is 493 g/mol. The number of imidazole rings is 1. The van der Waals surface area contributed by atoms with Crippen molar-refractivity contribution >= 4 is 15.7 Å². The van der Waals surface area contributed by atoms with Gasteiger partial charge in [-0.1, -0.05) is 48.5 Å². The first-order valence-electron chi connectivity index (χ1n) is 12.2. The third-order valence-electron chi connectivity index (χ3n) is 6.69. The minimum absolute atomic E-state index is 0.0125. The lowest BCUT2D eigenvalue weighted by atomic mass is 10.1. The highest BCUT2D eigenvalue weighted by atomic mass is 32.2. The van der Waals surface area contributed by atoms with Gasteiger partial charge in [0, 0.05) is 24.8 Å². The first-order valence-corrected chi connectivity index (χ1v) is 13.9. The Balaban J connectivity index is 1.46. The van der Waals surface area contributed by atoms with Gasteiger partial charge < -0.3 is 14.2 Å². The van der Waals surface area contributed by atoms with Crippen LogP contribution in [0.5, 0.6) is 0 Å². The normalized spacial score (nSPS) is 18.0. The maximum absolute atomic E-state index is 13.6. The smallest absolute Gasteiger partial charge is 0.254 e. The largest absolute Gasteiger partial charge is 0.376 e. The van der Waals surface area contributed by atoms with Gasteiger partial charge in [0.05, 0.1) is 30.3 Å². The average molecular weight is 494 g/mol. The summed E-state index contributed by atoms with van der Waals surface area (Å²) in [5.41, 5.74) is 3.05. The molecule has 184 valence electrons. The number of hydrogen-bond donors (Lipinski definition) is 0. The number of carbonyl (C=O) groups excluding carboxylic acids is 1. The fourth-order valence-electron chi connectivity index (χ4n) is 4.74. The molecule has 5 rings (SSSR count). The third-order valence-corrected chi connectivity index (χ3v) is 8.26. The number of aryl methyl sites for hydroxylation is 1. The molecule has 2 fully saturated rings. The summed E-state index contributed by atoms with van der Waals surface area (Å²) in [4.78, 5) is 19.8. The van der Waals surface area contributed by atoms with Crippen LogP contribution in [0, 0.1) is 6.92 Å². The first kappa shape index (κ1) is 23.8. The van der Waals surface area contributed by atoms with Crippen molar-refractivity contribution in [2.24, 2.45) is 0 Å². The summed E-state index contributed by atoms with van der Waals surface area (Å²) in [6.45, 7) is 3.39. The van der Waals surface area contributed by atoms with E-state index in [1.54, 1.807) is 11.1 Å². The van der Waals surface area contributed by atoms with Gasteiger partial charge in [-0.2, -0.15) is 0 Å². The van der Waals surface area contributed by atoms with Crippen LogP contribution in [0.2, 0.25) is 0 Å². The van der Waals surface area contributed by atoms with Crippen molar-refractivity contribution in [1.29, 1.82) is 0 Å². The summed E-state index contributed by atoms with van der Waals surface area (Å²) < 4.78 is 34.4. The summed E-state index contributed by atoms with van der Waals surface area (Å²) in [6.07, 6.45) is 5.34. The number of amides is 1. The Morgan fingerprint density at radius 1 is 1.09 bits per heavy atom.